The molecule has 20 heavy (non-hydrogen) atoms. The number of rotatable bonds is 6. The van der Waals surface area contributed by atoms with Gasteiger partial charge in [0.25, 0.3) is 0 Å². The van der Waals surface area contributed by atoms with E-state index in [9.17, 15) is 14.4 Å². The molecule has 0 aliphatic rings. The Labute approximate surface area is 119 Å². The molecule has 0 unspecified atom stereocenters. The third kappa shape index (κ3) is 7.11. The molecule has 0 radical (unpaired) electrons. The lowest BCUT2D eigenvalue weighted by atomic mass is 9.91. The maximum atomic E-state index is 12.0. The summed E-state index contributed by atoms with van der Waals surface area (Å²) < 4.78 is 5.19. The molecule has 0 heterocycles. The van der Waals surface area contributed by atoms with Crippen LogP contribution in [0, 0.1) is 11.8 Å². The zero-order chi connectivity index (χ0) is 16.1. The molecule has 0 aromatic heterocycles. The van der Waals surface area contributed by atoms with E-state index in [1.54, 1.807) is 34.6 Å². The predicted molar refractivity (Wildman–Crippen MR) is 74.0 cm³/mol. The predicted octanol–water partition coefficient (Wildman–Crippen LogP) is 1.58. The first-order valence-electron chi connectivity index (χ1n) is 6.69. The van der Waals surface area contributed by atoms with E-state index >= 15 is 0 Å². The van der Waals surface area contributed by atoms with Gasteiger partial charge in [-0.15, -0.1) is 0 Å². The minimum Gasteiger partial charge on any atom is -0.480 e. The third-order valence-electron chi connectivity index (χ3n) is 2.68. The van der Waals surface area contributed by atoms with E-state index in [1.807, 2.05) is 0 Å². The van der Waals surface area contributed by atoms with Crippen LogP contribution in [0.4, 0.5) is 0 Å². The third-order valence-corrected chi connectivity index (χ3v) is 2.68. The van der Waals surface area contributed by atoms with Crippen molar-refractivity contribution in [2.75, 3.05) is 0 Å². The van der Waals surface area contributed by atoms with Gasteiger partial charge >= 0.3 is 11.9 Å². The smallest absolute Gasteiger partial charge is 0.325 e. The van der Waals surface area contributed by atoms with Crippen molar-refractivity contribution in [2.24, 2.45) is 11.8 Å². The van der Waals surface area contributed by atoms with Crippen LogP contribution < -0.4 is 5.32 Å². The minimum atomic E-state index is -1.11. The largest absolute Gasteiger partial charge is 0.480 e. The van der Waals surface area contributed by atoms with Crippen molar-refractivity contribution >= 4 is 17.8 Å². The Morgan fingerprint density at radius 1 is 1.15 bits per heavy atom. The first-order valence-corrected chi connectivity index (χ1v) is 6.69. The summed E-state index contributed by atoms with van der Waals surface area (Å²) in [4.78, 5) is 34.5. The van der Waals surface area contributed by atoms with E-state index in [2.05, 4.69) is 5.32 Å². The van der Waals surface area contributed by atoms with Gasteiger partial charge in [0.05, 0.1) is 12.3 Å². The number of esters is 1. The number of nitrogens with one attached hydrogen (secondary N) is 1. The van der Waals surface area contributed by atoms with Crippen LogP contribution >= 0.6 is 0 Å². The van der Waals surface area contributed by atoms with Gasteiger partial charge in [0, 0.05) is 0 Å². The summed E-state index contributed by atoms with van der Waals surface area (Å²) in [6, 6.07) is -0.984. The average Bonchev–Trinajstić information content (AvgIpc) is 2.22. The molecule has 0 saturated heterocycles. The number of carbonyl (C=O) groups is 3. The van der Waals surface area contributed by atoms with Crippen LogP contribution in [0.5, 0.6) is 0 Å². The first kappa shape index (κ1) is 18.4. The second kappa shape index (κ2) is 7.26. The number of amides is 1. The van der Waals surface area contributed by atoms with Crippen molar-refractivity contribution in [3.63, 3.8) is 0 Å². The molecule has 116 valence electrons. The molecule has 1 amide bonds. The van der Waals surface area contributed by atoms with Crippen LogP contribution in [0.1, 0.15) is 48.0 Å². The Morgan fingerprint density at radius 2 is 1.65 bits per heavy atom. The number of carboxylic acids is 1. The number of ether oxygens (including phenoxy) is 1. The maximum Gasteiger partial charge on any atom is 0.325 e. The molecule has 0 saturated carbocycles. The first-order chi connectivity index (χ1) is 8.94. The van der Waals surface area contributed by atoms with Crippen LogP contribution in [0.25, 0.3) is 0 Å². The average molecular weight is 287 g/mol. The van der Waals surface area contributed by atoms with Gasteiger partial charge in [0.15, 0.2) is 0 Å². The van der Waals surface area contributed by atoms with E-state index in [4.69, 9.17) is 9.84 Å². The van der Waals surface area contributed by atoms with E-state index in [0.29, 0.717) is 0 Å². The lowest BCUT2D eigenvalue weighted by Gasteiger charge is -2.24. The fraction of sp³-hybridized carbons (Fsp3) is 0.786. The molecular weight excluding hydrogens is 262 g/mol. The fourth-order valence-electron chi connectivity index (χ4n) is 1.58. The second-order valence-electron chi connectivity index (χ2n) is 6.21. The van der Waals surface area contributed by atoms with Gasteiger partial charge in [-0.05, 0) is 33.6 Å². The summed E-state index contributed by atoms with van der Waals surface area (Å²) in [6.45, 7) is 10.2. The highest BCUT2D eigenvalue weighted by molar-refractivity contribution is 5.87. The quantitative estimate of drug-likeness (QED) is 0.723. The van der Waals surface area contributed by atoms with Gasteiger partial charge in [0.2, 0.25) is 5.91 Å². The summed E-state index contributed by atoms with van der Waals surface area (Å²) in [5.41, 5.74) is -0.608. The van der Waals surface area contributed by atoms with Crippen LogP contribution in [0.3, 0.4) is 0 Å². The highest BCUT2D eigenvalue weighted by Crippen LogP contribution is 2.19. The molecule has 0 spiro atoms. The molecule has 0 aromatic carbocycles. The number of aliphatic carboxylic acids is 1. The van der Waals surface area contributed by atoms with E-state index in [-0.39, 0.29) is 12.3 Å². The zero-order valence-corrected chi connectivity index (χ0v) is 13.0. The van der Waals surface area contributed by atoms with Crippen molar-refractivity contribution in [1.82, 2.24) is 5.32 Å². The molecule has 6 heteroatoms. The summed E-state index contributed by atoms with van der Waals surface area (Å²) in [5.74, 6) is -2.72. The number of hydrogen-bond donors (Lipinski definition) is 2. The lowest BCUT2D eigenvalue weighted by Crippen LogP contribution is -2.44. The molecule has 2 atom stereocenters. The molecule has 6 nitrogen and oxygen atoms in total. The lowest BCUT2D eigenvalue weighted by molar-refractivity contribution is -0.158. The number of carbonyl (C=O) groups excluding carboxylic acids is 2. The standard InChI is InChI=1S/C14H25NO5/c1-8(2)10(7-11(16)20-14(4,5)6)12(17)15-9(3)13(18)19/h8-10H,7H2,1-6H3,(H,15,17)(H,18,19)/t9-,10-/m0/s1. The summed E-state index contributed by atoms with van der Waals surface area (Å²) >= 11 is 0. The van der Waals surface area contributed by atoms with Crippen molar-refractivity contribution in [3.05, 3.63) is 0 Å². The SMILES string of the molecule is CC(C)[C@H](CC(=O)OC(C)(C)C)C(=O)N[C@@H](C)C(=O)O. The zero-order valence-electron chi connectivity index (χ0n) is 13.0. The summed E-state index contributed by atoms with van der Waals surface area (Å²) in [5, 5.41) is 11.2. The molecule has 2 N–H and O–H groups in total. The topological polar surface area (TPSA) is 92.7 Å². The van der Waals surface area contributed by atoms with Gasteiger partial charge < -0.3 is 15.2 Å². The monoisotopic (exact) mass is 287 g/mol. The Morgan fingerprint density at radius 3 is 2.00 bits per heavy atom. The number of carboxylic acid groups (broad SMARTS) is 1. The van der Waals surface area contributed by atoms with Crippen LogP contribution in [-0.2, 0) is 19.1 Å². The van der Waals surface area contributed by atoms with Gasteiger partial charge in [-0.3, -0.25) is 14.4 Å². The van der Waals surface area contributed by atoms with E-state index in [1.165, 1.54) is 6.92 Å². The molecule has 0 aliphatic carbocycles. The Bertz CT molecular complexity index is 370. The van der Waals surface area contributed by atoms with Crippen LogP contribution in [-0.4, -0.2) is 34.6 Å². The van der Waals surface area contributed by atoms with Gasteiger partial charge in [-0.1, -0.05) is 13.8 Å². The Balaban J connectivity index is 4.69. The summed E-state index contributed by atoms with van der Waals surface area (Å²) in [6.07, 6.45) is -0.0624. The molecule has 0 rings (SSSR count). The number of hydrogen-bond acceptors (Lipinski definition) is 4. The highest BCUT2D eigenvalue weighted by Gasteiger charge is 2.29. The van der Waals surface area contributed by atoms with E-state index in [0.717, 1.165) is 0 Å². The highest BCUT2D eigenvalue weighted by atomic mass is 16.6. The van der Waals surface area contributed by atoms with Crippen LogP contribution in [0.2, 0.25) is 0 Å². The normalized spacial score (nSPS) is 14.6. The minimum absolute atomic E-state index is 0.0624. The maximum absolute atomic E-state index is 12.0. The van der Waals surface area contributed by atoms with Crippen molar-refractivity contribution < 1.29 is 24.2 Å². The van der Waals surface area contributed by atoms with Gasteiger partial charge in [-0.25, -0.2) is 0 Å². The van der Waals surface area contributed by atoms with Crippen LogP contribution in [0.15, 0.2) is 0 Å². The van der Waals surface area contributed by atoms with Crippen molar-refractivity contribution in [3.8, 4) is 0 Å². The van der Waals surface area contributed by atoms with Gasteiger partial charge in [-0.2, -0.15) is 0 Å². The molecular formula is C14H25NO5. The molecule has 0 aliphatic heterocycles. The second-order valence-corrected chi connectivity index (χ2v) is 6.21. The van der Waals surface area contributed by atoms with Crippen molar-refractivity contribution in [1.29, 1.82) is 0 Å². The molecule has 0 fully saturated rings. The Hall–Kier alpha value is -1.59. The molecule has 0 aromatic rings. The summed E-state index contributed by atoms with van der Waals surface area (Å²) in [7, 11) is 0. The fourth-order valence-corrected chi connectivity index (χ4v) is 1.58. The Kier molecular flexibility index (Phi) is 6.68. The van der Waals surface area contributed by atoms with Gasteiger partial charge in [0.1, 0.15) is 11.6 Å². The molecule has 0 bridgehead atoms. The van der Waals surface area contributed by atoms with E-state index < -0.39 is 35.4 Å². The van der Waals surface area contributed by atoms with Crippen molar-refractivity contribution in [2.45, 2.75) is 59.6 Å².